The lowest BCUT2D eigenvalue weighted by molar-refractivity contribution is -0.161. The van der Waals surface area contributed by atoms with Crippen molar-refractivity contribution in [1.82, 2.24) is 0 Å². The number of nitrogens with two attached hydrogens (primary N) is 1. The van der Waals surface area contributed by atoms with Crippen LogP contribution in [-0.4, -0.2) is 49.3 Å². The topological polar surface area (TPSA) is 134 Å². The minimum Gasteiger partial charge on any atom is -0.462 e. The van der Waals surface area contributed by atoms with Crippen LogP contribution in [0.1, 0.15) is 206 Å². The Bertz CT molecular complexity index is 1150. The summed E-state index contributed by atoms with van der Waals surface area (Å²) in [6, 6.07) is 0. The van der Waals surface area contributed by atoms with E-state index in [0.29, 0.717) is 12.8 Å². The second kappa shape index (κ2) is 45.2. The first-order chi connectivity index (χ1) is 28.8. The fourth-order valence-electron chi connectivity index (χ4n) is 6.33. The van der Waals surface area contributed by atoms with Gasteiger partial charge in [0.25, 0.3) is 0 Å². The molecule has 0 saturated carbocycles. The second-order valence-corrected chi connectivity index (χ2v) is 17.1. The Morgan fingerprint density at radius 3 is 1.41 bits per heavy atom. The Morgan fingerprint density at radius 1 is 0.508 bits per heavy atom. The summed E-state index contributed by atoms with van der Waals surface area (Å²) in [5.74, 6) is -0.865. The summed E-state index contributed by atoms with van der Waals surface area (Å²) in [5.41, 5.74) is 5.36. The number of ether oxygens (including phenoxy) is 2. The number of unbranched alkanes of at least 4 members (excludes halogenated alkanes) is 21. The van der Waals surface area contributed by atoms with E-state index in [-0.39, 0.29) is 32.6 Å². The number of allylic oxidation sites excluding steroid dienone is 10. The number of hydrogen-bond acceptors (Lipinski definition) is 8. The Labute approximate surface area is 361 Å². The van der Waals surface area contributed by atoms with Gasteiger partial charge in [-0.15, -0.1) is 0 Å². The van der Waals surface area contributed by atoms with Gasteiger partial charge < -0.3 is 20.1 Å². The lowest BCUT2D eigenvalue weighted by atomic mass is 10.0. The molecule has 0 spiro atoms. The molecule has 0 radical (unpaired) electrons. The number of carbonyl (C=O) groups is 2. The van der Waals surface area contributed by atoms with Crippen molar-refractivity contribution in [3.05, 3.63) is 60.8 Å². The maximum atomic E-state index is 12.6. The van der Waals surface area contributed by atoms with Crippen LogP contribution in [0.2, 0.25) is 0 Å². The van der Waals surface area contributed by atoms with Crippen molar-refractivity contribution in [3.8, 4) is 0 Å². The molecule has 9 nitrogen and oxygen atoms in total. The van der Waals surface area contributed by atoms with E-state index in [1.54, 1.807) is 0 Å². The zero-order valence-corrected chi connectivity index (χ0v) is 38.6. The summed E-state index contributed by atoms with van der Waals surface area (Å²) in [5, 5.41) is 0. The molecule has 2 atom stereocenters. The summed E-state index contributed by atoms with van der Waals surface area (Å²) in [6.45, 7) is 3.63. The Balaban J connectivity index is 4.14. The molecule has 0 saturated heterocycles. The molecule has 0 aliphatic heterocycles. The van der Waals surface area contributed by atoms with Crippen molar-refractivity contribution in [2.24, 2.45) is 5.73 Å². The summed E-state index contributed by atoms with van der Waals surface area (Å²) in [7, 11) is -4.39. The number of phosphoric ester groups is 1. The molecule has 0 aromatic rings. The van der Waals surface area contributed by atoms with E-state index in [1.807, 2.05) is 0 Å². The Morgan fingerprint density at radius 2 is 0.915 bits per heavy atom. The quantitative estimate of drug-likeness (QED) is 0.0266. The van der Waals surface area contributed by atoms with Gasteiger partial charge in [-0.25, -0.2) is 4.57 Å². The number of rotatable bonds is 44. The van der Waals surface area contributed by atoms with Gasteiger partial charge in [-0.2, -0.15) is 0 Å². The van der Waals surface area contributed by atoms with Crippen molar-refractivity contribution in [2.75, 3.05) is 26.4 Å². The smallest absolute Gasteiger partial charge is 0.462 e. The van der Waals surface area contributed by atoms with Crippen LogP contribution in [0.3, 0.4) is 0 Å². The molecule has 0 fully saturated rings. The van der Waals surface area contributed by atoms with Crippen LogP contribution in [0.4, 0.5) is 0 Å². The van der Waals surface area contributed by atoms with Crippen molar-refractivity contribution in [2.45, 2.75) is 213 Å². The third-order valence-corrected chi connectivity index (χ3v) is 10.8. The predicted molar refractivity (Wildman–Crippen MR) is 247 cm³/mol. The van der Waals surface area contributed by atoms with Crippen LogP contribution in [0.25, 0.3) is 0 Å². The van der Waals surface area contributed by atoms with Crippen molar-refractivity contribution < 1.29 is 37.6 Å². The van der Waals surface area contributed by atoms with E-state index >= 15 is 0 Å². The SMILES string of the molecule is CCC/C=C/C/C=C/C/C=C/C/C=C/CCCCCC(=O)OC[C@H](COP(=O)(O)OCCN)OC(=O)CCCCCCCCCCCCC/C=C/CCCCCCCC. The summed E-state index contributed by atoms with van der Waals surface area (Å²) in [4.78, 5) is 35.0. The molecule has 0 aromatic carbocycles. The van der Waals surface area contributed by atoms with Crippen LogP contribution in [0.5, 0.6) is 0 Å². The van der Waals surface area contributed by atoms with E-state index in [4.69, 9.17) is 24.3 Å². The van der Waals surface area contributed by atoms with Gasteiger partial charge in [-0.1, -0.05) is 177 Å². The molecular weight excluding hydrogens is 762 g/mol. The number of esters is 2. The lowest BCUT2D eigenvalue weighted by Gasteiger charge is -2.19. The zero-order chi connectivity index (χ0) is 43.2. The van der Waals surface area contributed by atoms with E-state index in [2.05, 4.69) is 74.6 Å². The third-order valence-electron chi connectivity index (χ3n) is 9.86. The molecule has 0 bridgehead atoms. The van der Waals surface area contributed by atoms with Gasteiger partial charge in [0.15, 0.2) is 6.10 Å². The summed E-state index contributed by atoms with van der Waals surface area (Å²) in [6.07, 6.45) is 53.9. The highest BCUT2D eigenvalue weighted by molar-refractivity contribution is 7.47. The zero-order valence-electron chi connectivity index (χ0n) is 37.7. The van der Waals surface area contributed by atoms with Gasteiger partial charge in [0.1, 0.15) is 6.61 Å². The third kappa shape index (κ3) is 45.1. The van der Waals surface area contributed by atoms with Crippen LogP contribution >= 0.6 is 7.82 Å². The molecule has 0 aromatic heterocycles. The second-order valence-electron chi connectivity index (χ2n) is 15.6. The maximum absolute atomic E-state index is 12.6. The average molecular weight is 850 g/mol. The lowest BCUT2D eigenvalue weighted by Crippen LogP contribution is -2.29. The maximum Gasteiger partial charge on any atom is 0.472 e. The predicted octanol–water partition coefficient (Wildman–Crippen LogP) is 14.1. The first kappa shape index (κ1) is 56.7. The van der Waals surface area contributed by atoms with Gasteiger partial charge in [-0.3, -0.25) is 18.6 Å². The molecule has 0 aliphatic carbocycles. The summed E-state index contributed by atoms with van der Waals surface area (Å²) < 4.78 is 32.8. The molecule has 1 unspecified atom stereocenters. The monoisotopic (exact) mass is 850 g/mol. The van der Waals surface area contributed by atoms with Crippen molar-refractivity contribution in [3.63, 3.8) is 0 Å². The average Bonchev–Trinajstić information content (AvgIpc) is 3.22. The molecule has 342 valence electrons. The van der Waals surface area contributed by atoms with E-state index in [1.165, 1.54) is 103 Å². The molecular formula is C49H88NO8P. The van der Waals surface area contributed by atoms with Crippen LogP contribution in [-0.2, 0) is 32.7 Å². The highest BCUT2D eigenvalue weighted by Crippen LogP contribution is 2.43. The normalized spacial score (nSPS) is 13.8. The van der Waals surface area contributed by atoms with Gasteiger partial charge in [0.05, 0.1) is 13.2 Å². The first-order valence-corrected chi connectivity index (χ1v) is 25.3. The molecule has 0 amide bonds. The number of phosphoric acid groups is 1. The molecule has 3 N–H and O–H groups in total. The van der Waals surface area contributed by atoms with Crippen molar-refractivity contribution >= 4 is 19.8 Å². The highest BCUT2D eigenvalue weighted by atomic mass is 31.2. The van der Waals surface area contributed by atoms with Crippen LogP contribution in [0.15, 0.2) is 60.8 Å². The minimum absolute atomic E-state index is 0.0467. The van der Waals surface area contributed by atoms with Crippen LogP contribution < -0.4 is 5.73 Å². The number of hydrogen-bond donors (Lipinski definition) is 2. The van der Waals surface area contributed by atoms with Gasteiger partial charge in [0.2, 0.25) is 0 Å². The van der Waals surface area contributed by atoms with Crippen LogP contribution in [0, 0.1) is 0 Å². The Hall–Kier alpha value is -2.29. The molecule has 0 aliphatic rings. The fraction of sp³-hybridized carbons (Fsp3) is 0.755. The first-order valence-electron chi connectivity index (χ1n) is 23.8. The molecule has 10 heteroatoms. The van der Waals surface area contributed by atoms with Gasteiger partial charge in [-0.05, 0) is 77.0 Å². The van der Waals surface area contributed by atoms with Gasteiger partial charge in [0, 0.05) is 19.4 Å². The van der Waals surface area contributed by atoms with Crippen molar-refractivity contribution in [1.29, 1.82) is 0 Å². The summed E-state index contributed by atoms with van der Waals surface area (Å²) >= 11 is 0. The van der Waals surface area contributed by atoms with E-state index in [0.717, 1.165) is 64.2 Å². The highest BCUT2D eigenvalue weighted by Gasteiger charge is 2.26. The standard InChI is InChI=1S/C49H88NO8P/c1-3-5-7-9-11-13-15-17-19-21-22-23-24-26-28-30-32-34-36-38-40-42-49(52)58-47(46-57-59(53,54)56-44-43-50)45-55-48(51)41-39-37-35-33-31-29-27-25-20-18-16-14-12-10-8-6-4-2/h8,10,14,16-17,19-20,25,29,31,47H,3-7,9,11-13,15,18,21-24,26-28,30,32-46,50H2,1-2H3,(H,53,54)/b10-8+,16-14+,19-17+,25-20+,31-29+/t47-/m1/s1. The van der Waals surface area contributed by atoms with E-state index < -0.39 is 32.5 Å². The molecule has 59 heavy (non-hydrogen) atoms. The molecule has 0 rings (SSSR count). The fourth-order valence-corrected chi connectivity index (χ4v) is 7.09. The number of carbonyl (C=O) groups excluding carboxylic acids is 2. The van der Waals surface area contributed by atoms with Gasteiger partial charge >= 0.3 is 19.8 Å². The molecule has 0 heterocycles. The Kier molecular flexibility index (Phi) is 43.5. The van der Waals surface area contributed by atoms with E-state index in [9.17, 15) is 19.0 Å². The minimum atomic E-state index is -4.39. The largest absolute Gasteiger partial charge is 0.472 e.